The van der Waals surface area contributed by atoms with Crippen LogP contribution in [0.3, 0.4) is 0 Å². The predicted molar refractivity (Wildman–Crippen MR) is 224 cm³/mol. The molecule has 5 amide bonds. The molecule has 0 bridgehead atoms. The molecule has 1 aliphatic rings. The number of aromatic amines is 1. The van der Waals surface area contributed by atoms with Crippen LogP contribution in [0.25, 0.3) is 10.9 Å². The van der Waals surface area contributed by atoms with Crippen LogP contribution in [0.5, 0.6) is 0 Å². The van der Waals surface area contributed by atoms with Crippen LogP contribution in [0.2, 0.25) is 0 Å². The van der Waals surface area contributed by atoms with Crippen molar-refractivity contribution >= 4 is 40.4 Å². The molecule has 3 aromatic carbocycles. The van der Waals surface area contributed by atoms with Crippen molar-refractivity contribution in [2.75, 3.05) is 58.9 Å². The van der Waals surface area contributed by atoms with Gasteiger partial charge in [0.05, 0.1) is 12.6 Å². The van der Waals surface area contributed by atoms with E-state index < -0.39 is 6.10 Å². The Morgan fingerprint density at radius 2 is 1.10 bits per heavy atom. The molecule has 1 atom stereocenters. The van der Waals surface area contributed by atoms with Gasteiger partial charge in [-0.3, -0.25) is 24.0 Å². The van der Waals surface area contributed by atoms with Crippen molar-refractivity contribution in [1.82, 2.24) is 29.5 Å². The summed E-state index contributed by atoms with van der Waals surface area (Å²) < 4.78 is 0. The number of aliphatic hydroxyl groups excluding tert-OH is 1. The van der Waals surface area contributed by atoms with Crippen molar-refractivity contribution in [3.63, 3.8) is 0 Å². The number of benzene rings is 3. The summed E-state index contributed by atoms with van der Waals surface area (Å²) in [6, 6.07) is 27.0. The van der Waals surface area contributed by atoms with E-state index in [1.807, 2.05) is 91.1 Å². The first-order valence-electron chi connectivity index (χ1n) is 20.5. The molecule has 1 aromatic heterocycles. The van der Waals surface area contributed by atoms with Gasteiger partial charge in [-0.25, -0.2) is 0 Å². The van der Waals surface area contributed by atoms with E-state index in [2.05, 4.69) is 4.98 Å². The van der Waals surface area contributed by atoms with E-state index in [1.54, 1.807) is 26.5 Å². The van der Waals surface area contributed by atoms with E-state index in [1.165, 1.54) is 4.90 Å². The fourth-order valence-corrected chi connectivity index (χ4v) is 7.34. The number of unbranched alkanes of at least 4 members (excludes halogenated alkanes) is 1. The molecule has 4 aromatic rings. The number of aromatic nitrogens is 1. The highest BCUT2D eigenvalue weighted by Crippen LogP contribution is 2.19. The highest BCUT2D eigenvalue weighted by Gasteiger charge is 2.27. The Kier molecular flexibility index (Phi) is 16.8. The number of fused-ring (bicyclic) bond motifs is 1. The molecule has 1 fully saturated rings. The number of rotatable bonds is 13. The average molecular weight is 794 g/mol. The summed E-state index contributed by atoms with van der Waals surface area (Å²) in [6.07, 6.45) is 2.89. The number of hydrogen-bond acceptors (Lipinski definition) is 7. The molecule has 4 N–H and O–H groups in total. The van der Waals surface area contributed by atoms with Gasteiger partial charge in [0.25, 0.3) is 0 Å². The molecule has 0 radical (unpaired) electrons. The number of nitrogens with one attached hydrogen (secondary N) is 1. The van der Waals surface area contributed by atoms with Crippen LogP contribution in [0.1, 0.15) is 62.1 Å². The average Bonchev–Trinajstić information content (AvgIpc) is 3.65. The number of para-hydroxylation sites is 1. The first-order valence-corrected chi connectivity index (χ1v) is 20.5. The van der Waals surface area contributed by atoms with Crippen molar-refractivity contribution in [2.45, 2.75) is 71.1 Å². The van der Waals surface area contributed by atoms with Crippen molar-refractivity contribution < 1.29 is 29.1 Å². The molecule has 5 rings (SSSR count). The molecule has 13 nitrogen and oxygen atoms in total. The van der Waals surface area contributed by atoms with E-state index in [-0.39, 0.29) is 114 Å². The van der Waals surface area contributed by atoms with Crippen molar-refractivity contribution in [3.8, 4) is 0 Å². The summed E-state index contributed by atoms with van der Waals surface area (Å²) in [5.41, 5.74) is 9.60. The third-order valence-electron chi connectivity index (χ3n) is 10.6. The lowest BCUT2D eigenvalue weighted by Crippen LogP contribution is -2.46. The van der Waals surface area contributed by atoms with Crippen LogP contribution in [0.15, 0.2) is 91.1 Å². The molecule has 0 spiro atoms. The number of β-amino-alcohol motifs (C(OH)–C–C–N with tert-alkyl or cyclic N) is 1. The second-order valence-corrected chi connectivity index (χ2v) is 15.1. The highest BCUT2D eigenvalue weighted by atomic mass is 16.3. The van der Waals surface area contributed by atoms with Gasteiger partial charge in [0.1, 0.15) is 0 Å². The fraction of sp³-hybridized carbons (Fsp3) is 0.444. The summed E-state index contributed by atoms with van der Waals surface area (Å²) in [4.78, 5) is 81.4. The zero-order chi connectivity index (χ0) is 41.3. The van der Waals surface area contributed by atoms with Crippen LogP contribution in [-0.4, -0.2) is 129 Å². The number of nitrogens with two attached hydrogens (primary N) is 1. The Morgan fingerprint density at radius 1 is 0.603 bits per heavy atom. The van der Waals surface area contributed by atoms with E-state index in [0.717, 1.165) is 27.6 Å². The number of H-pyrrole nitrogens is 1. The number of amides is 5. The second-order valence-electron chi connectivity index (χ2n) is 15.1. The zero-order valence-electron chi connectivity index (χ0n) is 33.8. The lowest BCUT2D eigenvalue weighted by Gasteiger charge is -2.30. The standard InChI is InChI=1S/C45H59N7O6/c1-35(53)31-49-27-20-42(55)50(32-36-12-4-2-5-13-36)28-21-43(56)51(33-37-14-6-3-7-15-37)29-22-44(57)52(25-18-38-30-47-40-17-9-8-16-39(38)40)34-45(58)48(24-11-10-23-46)26-19-41(49)54/h2-9,12-17,30,35,47,53H,10-11,18-29,31-34,46H2,1H3/t35-/m1/s1. The quantitative estimate of drug-likeness (QED) is 0.173. The summed E-state index contributed by atoms with van der Waals surface area (Å²) in [7, 11) is 0. The minimum Gasteiger partial charge on any atom is -0.392 e. The number of nitrogens with zero attached hydrogens (tertiary/aromatic N) is 5. The molecule has 13 heteroatoms. The van der Waals surface area contributed by atoms with Gasteiger partial charge in [-0.15, -0.1) is 0 Å². The van der Waals surface area contributed by atoms with Gasteiger partial charge in [0, 0.05) is 102 Å². The van der Waals surface area contributed by atoms with Gasteiger partial charge in [-0.1, -0.05) is 78.9 Å². The van der Waals surface area contributed by atoms with Crippen LogP contribution < -0.4 is 5.73 Å². The third-order valence-corrected chi connectivity index (χ3v) is 10.6. The van der Waals surface area contributed by atoms with E-state index >= 15 is 0 Å². The Hall–Kier alpha value is -5.53. The monoisotopic (exact) mass is 793 g/mol. The molecule has 0 unspecified atom stereocenters. The SMILES string of the molecule is C[C@@H](O)CN1CCC(=O)N(Cc2ccccc2)CCC(=O)N(Cc2ccccc2)CCC(=O)N(CCc2c[nH]c3ccccc23)CC(=O)N(CCCCN)CCC1=O. The Morgan fingerprint density at radius 3 is 1.67 bits per heavy atom. The predicted octanol–water partition coefficient (Wildman–Crippen LogP) is 3.95. The summed E-state index contributed by atoms with van der Waals surface area (Å²) in [6.45, 7) is 3.49. The van der Waals surface area contributed by atoms with Gasteiger partial charge in [-0.05, 0) is 55.5 Å². The lowest BCUT2D eigenvalue weighted by molar-refractivity contribution is -0.142. The van der Waals surface area contributed by atoms with Gasteiger partial charge >= 0.3 is 0 Å². The number of aliphatic hydroxyl groups is 1. The van der Waals surface area contributed by atoms with Crippen LogP contribution in [0, 0.1) is 0 Å². The molecule has 310 valence electrons. The van der Waals surface area contributed by atoms with Gasteiger partial charge in [0.2, 0.25) is 29.5 Å². The Balaban J connectivity index is 1.45. The number of carbonyl (C=O) groups is 5. The topological polar surface area (TPSA) is 164 Å². The summed E-state index contributed by atoms with van der Waals surface area (Å²) in [5.74, 6) is -1.29. The molecular formula is C45H59N7O6. The molecule has 2 heterocycles. The third kappa shape index (κ3) is 13.3. The molecule has 0 aliphatic carbocycles. The lowest BCUT2D eigenvalue weighted by atomic mass is 10.1. The van der Waals surface area contributed by atoms with Gasteiger partial charge in [0.15, 0.2) is 0 Å². The second kappa shape index (κ2) is 22.4. The van der Waals surface area contributed by atoms with E-state index in [4.69, 9.17) is 5.73 Å². The van der Waals surface area contributed by atoms with Crippen molar-refractivity contribution in [2.24, 2.45) is 5.73 Å². The van der Waals surface area contributed by atoms with Gasteiger partial charge in [-0.2, -0.15) is 0 Å². The maximum absolute atomic E-state index is 14.2. The first kappa shape index (κ1) is 43.6. The molecule has 1 aliphatic heterocycles. The van der Waals surface area contributed by atoms with Crippen molar-refractivity contribution in [3.05, 3.63) is 108 Å². The van der Waals surface area contributed by atoms with E-state index in [9.17, 15) is 29.1 Å². The van der Waals surface area contributed by atoms with Crippen LogP contribution in [0.4, 0.5) is 0 Å². The first-order chi connectivity index (χ1) is 28.1. The van der Waals surface area contributed by atoms with Gasteiger partial charge < -0.3 is 40.3 Å². The summed E-state index contributed by atoms with van der Waals surface area (Å²) >= 11 is 0. The maximum Gasteiger partial charge on any atom is 0.242 e. The Labute approximate surface area is 341 Å². The summed E-state index contributed by atoms with van der Waals surface area (Å²) in [5, 5.41) is 11.4. The molecule has 1 saturated heterocycles. The highest BCUT2D eigenvalue weighted by molar-refractivity contribution is 5.87. The normalized spacial score (nSPS) is 16.8. The smallest absolute Gasteiger partial charge is 0.242 e. The minimum absolute atomic E-state index is 0.00758. The minimum atomic E-state index is -0.840. The molecule has 58 heavy (non-hydrogen) atoms. The molecule has 0 saturated carbocycles. The zero-order valence-corrected chi connectivity index (χ0v) is 33.8. The largest absolute Gasteiger partial charge is 0.392 e. The van der Waals surface area contributed by atoms with Crippen LogP contribution in [-0.2, 0) is 43.5 Å². The molecular weight excluding hydrogens is 735 g/mol. The van der Waals surface area contributed by atoms with E-state index in [0.29, 0.717) is 32.4 Å². The van der Waals surface area contributed by atoms with Crippen LogP contribution >= 0.6 is 0 Å². The fourth-order valence-electron chi connectivity index (χ4n) is 7.34. The Bertz CT molecular complexity index is 1940. The maximum atomic E-state index is 14.2. The number of carbonyl (C=O) groups excluding carboxylic acids is 5. The van der Waals surface area contributed by atoms with Crippen molar-refractivity contribution in [1.29, 1.82) is 0 Å². The number of hydrogen-bond donors (Lipinski definition) is 3.